The quantitative estimate of drug-likeness (QED) is 0.108. The van der Waals surface area contributed by atoms with Crippen molar-refractivity contribution in [1.82, 2.24) is 4.90 Å². The van der Waals surface area contributed by atoms with E-state index in [0.717, 1.165) is 57.7 Å². The minimum Gasteiger partial charge on any atom is -0.370 e. The smallest absolute Gasteiger partial charge is 0.220 e. The van der Waals surface area contributed by atoms with Gasteiger partial charge in [-0.2, -0.15) is 0 Å². The fraction of sp³-hybridized carbons (Fsp3) is 0.889. The van der Waals surface area contributed by atoms with Crippen LogP contribution >= 0.6 is 0 Å². The molecule has 1 saturated heterocycles. The van der Waals surface area contributed by atoms with E-state index in [0.29, 0.717) is 12.7 Å². The lowest BCUT2D eigenvalue weighted by Crippen LogP contribution is -3.24. The van der Waals surface area contributed by atoms with Crippen LogP contribution in [0.15, 0.2) is 17.1 Å². The summed E-state index contributed by atoms with van der Waals surface area (Å²) in [7, 11) is 0. The first-order chi connectivity index (χ1) is 15.9. The second kappa shape index (κ2) is 15.7. The minimum atomic E-state index is -0.669. The van der Waals surface area contributed by atoms with Crippen LogP contribution in [0.5, 0.6) is 0 Å². The molecular formula is C27H54N5O+. The molecule has 33 heavy (non-hydrogen) atoms. The van der Waals surface area contributed by atoms with Gasteiger partial charge in [0.25, 0.3) is 0 Å². The first-order valence-electron chi connectivity index (χ1n) is 14.0. The average molecular weight is 465 g/mol. The molecule has 0 amide bonds. The van der Waals surface area contributed by atoms with Crippen molar-refractivity contribution in [3.63, 3.8) is 0 Å². The molecular weight excluding hydrogens is 410 g/mol. The van der Waals surface area contributed by atoms with Crippen molar-refractivity contribution in [3.05, 3.63) is 12.2 Å². The van der Waals surface area contributed by atoms with Crippen molar-refractivity contribution >= 4 is 5.96 Å². The van der Waals surface area contributed by atoms with Gasteiger partial charge in [-0.1, -0.05) is 78.1 Å². The number of fused-ring (bicyclic) bond motifs is 1. The normalized spacial score (nSPS) is 25.0. The molecule has 3 atom stereocenters. The first-order valence-corrected chi connectivity index (χ1v) is 14.0. The number of rotatable bonds is 18. The van der Waals surface area contributed by atoms with Crippen molar-refractivity contribution in [1.29, 1.82) is 0 Å². The number of hydrogen-bond acceptors (Lipinski definition) is 3. The Kier molecular flexibility index (Phi) is 13.4. The molecule has 0 radical (unpaired) electrons. The molecule has 6 nitrogen and oxygen atoms in total. The highest BCUT2D eigenvalue weighted by molar-refractivity contribution is 5.75. The van der Waals surface area contributed by atoms with E-state index in [4.69, 9.17) is 11.5 Å². The molecule has 0 aromatic rings. The minimum absolute atomic E-state index is 0.180. The molecule has 0 saturated carbocycles. The SMILES string of the molecule is CC(C)CCCCCCCCCCCCC1(O)C=CC2N(CCCCN=C(N)N)CCC[NH+]21. The summed E-state index contributed by atoms with van der Waals surface area (Å²) in [6.07, 6.45) is 23.7. The van der Waals surface area contributed by atoms with Gasteiger partial charge in [-0.15, -0.1) is 0 Å². The van der Waals surface area contributed by atoms with Crippen LogP contribution in [0.3, 0.4) is 0 Å². The van der Waals surface area contributed by atoms with Gasteiger partial charge in [-0.05, 0) is 31.3 Å². The van der Waals surface area contributed by atoms with Crippen LogP contribution in [0, 0.1) is 5.92 Å². The second-order valence-corrected chi connectivity index (χ2v) is 10.9. The molecule has 3 unspecified atom stereocenters. The zero-order valence-electron chi connectivity index (χ0n) is 21.7. The number of nitrogens with one attached hydrogen (secondary N) is 1. The molecule has 1 fully saturated rings. The van der Waals surface area contributed by atoms with E-state index in [9.17, 15) is 5.11 Å². The summed E-state index contributed by atoms with van der Waals surface area (Å²) in [4.78, 5) is 7.95. The van der Waals surface area contributed by atoms with Crippen molar-refractivity contribution in [3.8, 4) is 0 Å². The predicted octanol–water partition coefficient (Wildman–Crippen LogP) is 3.55. The van der Waals surface area contributed by atoms with Gasteiger partial charge in [-0.25, -0.2) is 0 Å². The van der Waals surface area contributed by atoms with E-state index in [1.807, 2.05) is 0 Å². The lowest BCUT2D eigenvalue weighted by Gasteiger charge is -2.42. The average Bonchev–Trinajstić information content (AvgIpc) is 3.11. The number of nitrogens with two attached hydrogens (primary N) is 2. The maximum absolute atomic E-state index is 11.4. The Morgan fingerprint density at radius 3 is 2.27 bits per heavy atom. The predicted molar refractivity (Wildman–Crippen MR) is 140 cm³/mol. The van der Waals surface area contributed by atoms with Gasteiger partial charge in [0.1, 0.15) is 0 Å². The van der Waals surface area contributed by atoms with E-state index in [-0.39, 0.29) is 5.96 Å². The van der Waals surface area contributed by atoms with Gasteiger partial charge in [0.15, 0.2) is 12.1 Å². The van der Waals surface area contributed by atoms with Crippen LogP contribution in [0.4, 0.5) is 0 Å². The van der Waals surface area contributed by atoms with Gasteiger partial charge in [0.2, 0.25) is 5.72 Å². The van der Waals surface area contributed by atoms with E-state index < -0.39 is 5.72 Å². The van der Waals surface area contributed by atoms with Crippen LogP contribution in [-0.2, 0) is 0 Å². The number of hydrogen-bond donors (Lipinski definition) is 4. The van der Waals surface area contributed by atoms with Crippen LogP contribution in [0.25, 0.3) is 0 Å². The van der Waals surface area contributed by atoms with E-state index in [1.54, 1.807) is 0 Å². The molecule has 6 N–H and O–H groups in total. The lowest BCUT2D eigenvalue weighted by atomic mass is 10.0. The zero-order valence-corrected chi connectivity index (χ0v) is 21.7. The molecule has 0 spiro atoms. The molecule has 192 valence electrons. The maximum atomic E-state index is 11.4. The summed E-state index contributed by atoms with van der Waals surface area (Å²) >= 11 is 0. The lowest BCUT2D eigenvalue weighted by molar-refractivity contribution is -0.995. The molecule has 0 aromatic carbocycles. The number of aliphatic hydroxyl groups is 1. The molecule has 0 bridgehead atoms. The Labute approximate surface area is 203 Å². The van der Waals surface area contributed by atoms with Gasteiger partial charge in [-0.3, -0.25) is 14.8 Å². The monoisotopic (exact) mass is 464 g/mol. The van der Waals surface area contributed by atoms with Crippen LogP contribution < -0.4 is 16.4 Å². The Morgan fingerprint density at radius 2 is 1.64 bits per heavy atom. The Bertz CT molecular complexity index is 575. The van der Waals surface area contributed by atoms with Crippen molar-refractivity contribution in [2.75, 3.05) is 26.2 Å². The van der Waals surface area contributed by atoms with Crippen molar-refractivity contribution in [2.24, 2.45) is 22.4 Å². The third-order valence-corrected chi connectivity index (χ3v) is 7.49. The van der Waals surface area contributed by atoms with Gasteiger partial charge < -0.3 is 16.6 Å². The van der Waals surface area contributed by atoms with Crippen LogP contribution in [0.1, 0.15) is 110 Å². The maximum Gasteiger partial charge on any atom is 0.220 e. The van der Waals surface area contributed by atoms with Gasteiger partial charge in [0, 0.05) is 38.6 Å². The highest BCUT2D eigenvalue weighted by Gasteiger charge is 2.48. The number of guanidine groups is 1. The molecule has 2 rings (SSSR count). The largest absolute Gasteiger partial charge is 0.370 e. The number of aliphatic imine (C=N–C) groups is 1. The fourth-order valence-electron chi connectivity index (χ4n) is 5.54. The molecule has 2 aliphatic heterocycles. The first kappa shape index (κ1) is 28.1. The Balaban J connectivity index is 1.54. The zero-order chi connectivity index (χ0) is 23.9. The molecule has 6 heteroatoms. The molecule has 2 aliphatic rings. The van der Waals surface area contributed by atoms with Gasteiger partial charge >= 0.3 is 0 Å². The third-order valence-electron chi connectivity index (χ3n) is 7.49. The Morgan fingerprint density at radius 1 is 1.00 bits per heavy atom. The summed E-state index contributed by atoms with van der Waals surface area (Å²) in [6.45, 7) is 8.58. The van der Waals surface area contributed by atoms with E-state index in [2.05, 4.69) is 35.9 Å². The number of nitrogens with zero attached hydrogens (tertiary/aromatic N) is 2. The van der Waals surface area contributed by atoms with Crippen molar-refractivity contribution in [2.45, 2.75) is 122 Å². The summed E-state index contributed by atoms with van der Waals surface area (Å²) in [5, 5.41) is 11.4. The van der Waals surface area contributed by atoms with Crippen molar-refractivity contribution < 1.29 is 10.0 Å². The fourth-order valence-corrected chi connectivity index (χ4v) is 5.54. The molecule has 0 aromatic heterocycles. The van der Waals surface area contributed by atoms with Gasteiger partial charge in [0.05, 0.1) is 6.54 Å². The third kappa shape index (κ3) is 10.8. The molecule has 0 aliphatic carbocycles. The highest BCUT2D eigenvalue weighted by atomic mass is 16.3. The highest BCUT2D eigenvalue weighted by Crippen LogP contribution is 2.21. The summed E-state index contributed by atoms with van der Waals surface area (Å²) < 4.78 is 0. The Hall–Kier alpha value is -1.11. The summed E-state index contributed by atoms with van der Waals surface area (Å²) in [6, 6.07) is 0. The number of unbranched alkanes of at least 4 members (excludes halogenated alkanes) is 10. The van der Waals surface area contributed by atoms with Crippen LogP contribution in [0.2, 0.25) is 0 Å². The number of quaternary nitrogens is 1. The van der Waals surface area contributed by atoms with E-state index in [1.165, 1.54) is 69.1 Å². The van der Waals surface area contributed by atoms with E-state index >= 15 is 0 Å². The summed E-state index contributed by atoms with van der Waals surface area (Å²) in [5.41, 5.74) is 10.1. The standard InChI is InChI=1S/C27H53N5O/c1-24(2)16-11-9-7-5-3-4-6-8-10-12-18-27(33)19-17-25-31(22-15-23-32(25)27)21-14-13-20-30-26(28)29/h17,19,24-25,33H,3-16,18,20-23H2,1-2H3,(H4,28,29,30)/p+1. The van der Waals surface area contributed by atoms with Crippen LogP contribution in [-0.4, -0.2) is 54.0 Å². The summed E-state index contributed by atoms with van der Waals surface area (Å²) in [5.74, 6) is 1.04. The topological polar surface area (TPSA) is 92.3 Å². The second-order valence-electron chi connectivity index (χ2n) is 10.9. The molecule has 2 heterocycles.